The molecule has 2 unspecified atom stereocenters. The van der Waals surface area contributed by atoms with Crippen LogP contribution in [0.15, 0.2) is 18.3 Å². The Morgan fingerprint density at radius 3 is 2.71 bits per heavy atom. The molecule has 0 fully saturated rings. The van der Waals surface area contributed by atoms with Crippen LogP contribution in [0.3, 0.4) is 0 Å². The Labute approximate surface area is 139 Å². The van der Waals surface area contributed by atoms with E-state index in [0.29, 0.717) is 18.7 Å². The number of aryl methyl sites for hydroxylation is 2. The number of amides is 1. The van der Waals surface area contributed by atoms with Gasteiger partial charge in [-0.2, -0.15) is 9.78 Å². The van der Waals surface area contributed by atoms with Gasteiger partial charge in [-0.3, -0.25) is 9.48 Å². The molecular weight excluding hydrogens is 312 g/mol. The fourth-order valence-corrected chi connectivity index (χ4v) is 2.70. The van der Waals surface area contributed by atoms with E-state index in [0.717, 1.165) is 5.69 Å². The lowest BCUT2D eigenvalue weighted by molar-refractivity contribution is -0.389. The third kappa shape index (κ3) is 3.44. The van der Waals surface area contributed by atoms with E-state index >= 15 is 0 Å². The van der Waals surface area contributed by atoms with E-state index < -0.39 is 11.0 Å². The van der Waals surface area contributed by atoms with Gasteiger partial charge >= 0.3 is 5.82 Å². The first-order valence-electron chi connectivity index (χ1n) is 7.91. The number of hydrogen-bond acceptors (Lipinski definition) is 5. The summed E-state index contributed by atoms with van der Waals surface area (Å²) in [5.41, 5.74) is 1.49. The summed E-state index contributed by atoms with van der Waals surface area (Å²) in [5.74, 6) is -0.481. The molecule has 0 aromatic carbocycles. The summed E-state index contributed by atoms with van der Waals surface area (Å²) in [6, 6.07) is 2.41. The van der Waals surface area contributed by atoms with E-state index in [-0.39, 0.29) is 17.8 Å². The molecule has 0 aliphatic rings. The minimum Gasteiger partial charge on any atom is -0.358 e. The number of carbonyl (C=O) groups excluding carboxylic acids is 1. The molecular formula is C15H22N6O3. The van der Waals surface area contributed by atoms with Crippen molar-refractivity contribution in [3.05, 3.63) is 39.8 Å². The molecule has 2 atom stereocenters. The lowest BCUT2D eigenvalue weighted by Gasteiger charge is -2.19. The molecule has 0 aliphatic carbocycles. The molecule has 0 spiro atoms. The zero-order valence-corrected chi connectivity index (χ0v) is 14.3. The van der Waals surface area contributed by atoms with E-state index in [1.165, 1.54) is 10.7 Å². The number of nitrogens with one attached hydrogen (secondary N) is 1. The van der Waals surface area contributed by atoms with Crippen LogP contribution in [0.5, 0.6) is 0 Å². The van der Waals surface area contributed by atoms with E-state index in [2.05, 4.69) is 15.5 Å². The van der Waals surface area contributed by atoms with E-state index in [1.807, 2.05) is 31.5 Å². The van der Waals surface area contributed by atoms with Crippen LogP contribution >= 0.6 is 0 Å². The fraction of sp³-hybridized carbons (Fsp3) is 0.533. The molecule has 0 saturated heterocycles. The second-order valence-corrected chi connectivity index (χ2v) is 5.57. The van der Waals surface area contributed by atoms with Crippen LogP contribution in [0.2, 0.25) is 0 Å². The van der Waals surface area contributed by atoms with Gasteiger partial charge in [-0.25, -0.2) is 0 Å². The van der Waals surface area contributed by atoms with E-state index in [4.69, 9.17) is 0 Å². The predicted octanol–water partition coefficient (Wildman–Crippen LogP) is 2.14. The average molecular weight is 334 g/mol. The summed E-state index contributed by atoms with van der Waals surface area (Å²) in [6.45, 7) is 8.12. The Morgan fingerprint density at radius 2 is 2.17 bits per heavy atom. The van der Waals surface area contributed by atoms with Crippen LogP contribution in [0.4, 0.5) is 5.82 Å². The summed E-state index contributed by atoms with van der Waals surface area (Å²) in [4.78, 5) is 23.0. The summed E-state index contributed by atoms with van der Waals surface area (Å²) in [6.07, 6.45) is 2.17. The molecule has 2 aromatic rings. The Kier molecular flexibility index (Phi) is 5.32. The van der Waals surface area contributed by atoms with Gasteiger partial charge in [0.25, 0.3) is 0 Å². The van der Waals surface area contributed by atoms with Crippen LogP contribution in [0, 0.1) is 17.0 Å². The van der Waals surface area contributed by atoms with Crippen molar-refractivity contribution in [3.8, 4) is 0 Å². The molecule has 130 valence electrons. The summed E-state index contributed by atoms with van der Waals surface area (Å²) in [5, 5.41) is 22.0. The summed E-state index contributed by atoms with van der Waals surface area (Å²) in [7, 11) is 0. The highest BCUT2D eigenvalue weighted by Crippen LogP contribution is 2.20. The van der Waals surface area contributed by atoms with Gasteiger partial charge in [0, 0.05) is 12.7 Å². The van der Waals surface area contributed by atoms with Gasteiger partial charge in [-0.1, -0.05) is 6.92 Å². The normalized spacial score (nSPS) is 13.5. The minimum absolute atomic E-state index is 0.222. The Bertz CT molecular complexity index is 735. The SMILES string of the molecule is CCC(C(=O)NC(C)c1ccnn1CC)n1nc([N+](=O)[O-])cc1C. The molecule has 2 rings (SSSR count). The van der Waals surface area contributed by atoms with Crippen LogP contribution in [-0.2, 0) is 11.3 Å². The lowest BCUT2D eigenvalue weighted by atomic mass is 10.1. The van der Waals surface area contributed by atoms with Crippen molar-refractivity contribution in [3.63, 3.8) is 0 Å². The largest absolute Gasteiger partial charge is 0.390 e. The molecule has 9 heteroatoms. The Hall–Kier alpha value is -2.71. The first-order valence-corrected chi connectivity index (χ1v) is 7.91. The maximum atomic E-state index is 12.6. The molecule has 0 saturated carbocycles. The van der Waals surface area contributed by atoms with E-state index in [9.17, 15) is 14.9 Å². The first-order chi connectivity index (χ1) is 11.4. The number of nitro groups is 1. The van der Waals surface area contributed by atoms with Gasteiger partial charge in [0.2, 0.25) is 5.91 Å². The first kappa shape index (κ1) is 17.6. The lowest BCUT2D eigenvalue weighted by Crippen LogP contribution is -2.35. The van der Waals surface area contributed by atoms with Crippen molar-refractivity contribution < 1.29 is 9.72 Å². The number of nitrogens with zero attached hydrogens (tertiary/aromatic N) is 5. The van der Waals surface area contributed by atoms with Crippen molar-refractivity contribution >= 4 is 11.7 Å². The Morgan fingerprint density at radius 1 is 1.46 bits per heavy atom. The van der Waals surface area contributed by atoms with Gasteiger partial charge in [-0.15, -0.1) is 0 Å². The molecule has 1 N–H and O–H groups in total. The molecule has 2 aromatic heterocycles. The molecule has 2 heterocycles. The summed E-state index contributed by atoms with van der Waals surface area (Å²) >= 11 is 0. The monoisotopic (exact) mass is 334 g/mol. The number of aromatic nitrogens is 4. The zero-order chi connectivity index (χ0) is 17.9. The second-order valence-electron chi connectivity index (χ2n) is 5.57. The Balaban J connectivity index is 2.19. The maximum absolute atomic E-state index is 12.6. The number of rotatable bonds is 7. The molecule has 0 bridgehead atoms. The molecule has 24 heavy (non-hydrogen) atoms. The highest BCUT2D eigenvalue weighted by atomic mass is 16.6. The maximum Gasteiger partial charge on any atom is 0.390 e. The molecule has 0 aliphatic heterocycles. The minimum atomic E-state index is -0.598. The topological polar surface area (TPSA) is 108 Å². The highest BCUT2D eigenvalue weighted by Gasteiger charge is 2.28. The van der Waals surface area contributed by atoms with Crippen LogP contribution < -0.4 is 5.32 Å². The van der Waals surface area contributed by atoms with Crippen molar-refractivity contribution in [2.45, 2.75) is 52.7 Å². The van der Waals surface area contributed by atoms with Crippen LogP contribution in [0.1, 0.15) is 50.7 Å². The van der Waals surface area contributed by atoms with Gasteiger partial charge in [-0.05, 0) is 38.2 Å². The zero-order valence-electron chi connectivity index (χ0n) is 14.3. The third-order valence-electron chi connectivity index (χ3n) is 3.93. The molecule has 9 nitrogen and oxygen atoms in total. The standard InChI is InChI=1S/C15H22N6O3/c1-5-12(20-10(3)9-14(18-20)21(23)24)15(22)17-11(4)13-7-8-16-19(13)6-2/h7-9,11-12H,5-6H2,1-4H3,(H,17,22). The van der Waals surface area contributed by atoms with Gasteiger partial charge < -0.3 is 15.4 Å². The third-order valence-corrected chi connectivity index (χ3v) is 3.93. The quantitative estimate of drug-likeness (QED) is 0.616. The second kappa shape index (κ2) is 7.24. The fourth-order valence-electron chi connectivity index (χ4n) is 2.70. The predicted molar refractivity (Wildman–Crippen MR) is 87.4 cm³/mol. The highest BCUT2D eigenvalue weighted by molar-refractivity contribution is 5.80. The average Bonchev–Trinajstić information content (AvgIpc) is 3.15. The van der Waals surface area contributed by atoms with Crippen LogP contribution in [-0.4, -0.2) is 30.4 Å². The smallest absolute Gasteiger partial charge is 0.358 e. The van der Waals surface area contributed by atoms with E-state index in [1.54, 1.807) is 13.1 Å². The van der Waals surface area contributed by atoms with Crippen molar-refractivity contribution in [2.24, 2.45) is 0 Å². The molecule has 0 radical (unpaired) electrons. The summed E-state index contributed by atoms with van der Waals surface area (Å²) < 4.78 is 3.23. The van der Waals surface area contributed by atoms with Gasteiger partial charge in [0.1, 0.15) is 0 Å². The van der Waals surface area contributed by atoms with Crippen molar-refractivity contribution in [2.75, 3.05) is 0 Å². The molecule has 1 amide bonds. The van der Waals surface area contributed by atoms with Crippen LogP contribution in [0.25, 0.3) is 0 Å². The van der Waals surface area contributed by atoms with Crippen molar-refractivity contribution in [1.29, 1.82) is 0 Å². The number of hydrogen-bond donors (Lipinski definition) is 1. The number of carbonyl (C=O) groups is 1. The van der Waals surface area contributed by atoms with Crippen molar-refractivity contribution in [1.82, 2.24) is 24.9 Å². The van der Waals surface area contributed by atoms with Gasteiger partial charge in [0.15, 0.2) is 6.04 Å². The van der Waals surface area contributed by atoms with Gasteiger partial charge in [0.05, 0.1) is 28.6 Å².